The molecule has 0 spiro atoms. The summed E-state index contributed by atoms with van der Waals surface area (Å²) in [4.78, 5) is 2.91. The van der Waals surface area contributed by atoms with Gasteiger partial charge in [0.1, 0.15) is 12.4 Å². The quantitative estimate of drug-likeness (QED) is 0.259. The topological polar surface area (TPSA) is 49.9 Å². The molecule has 1 unspecified atom stereocenters. The number of hydrogen-bond donors (Lipinski definition) is 0. The summed E-state index contributed by atoms with van der Waals surface area (Å²) in [7, 11) is -3.58. The maximum absolute atomic E-state index is 13.9. The van der Waals surface area contributed by atoms with Gasteiger partial charge in [0.2, 0.25) is 10.0 Å². The van der Waals surface area contributed by atoms with Gasteiger partial charge in [-0.15, -0.1) is 0 Å². The van der Waals surface area contributed by atoms with Crippen molar-refractivity contribution >= 4 is 20.8 Å². The van der Waals surface area contributed by atoms with Gasteiger partial charge in [0.05, 0.1) is 4.90 Å². The number of ether oxygens (including phenoxy) is 1. The van der Waals surface area contributed by atoms with Gasteiger partial charge in [-0.25, -0.2) is 8.42 Å². The van der Waals surface area contributed by atoms with E-state index in [1.807, 2.05) is 54.6 Å². The Kier molecular flexibility index (Phi) is 7.69. The van der Waals surface area contributed by atoms with Crippen molar-refractivity contribution in [3.05, 3.63) is 108 Å². The molecule has 1 saturated heterocycles. The lowest BCUT2D eigenvalue weighted by Crippen LogP contribution is -2.45. The summed E-state index contributed by atoms with van der Waals surface area (Å²) < 4.78 is 35.7. The number of fused-ring (bicyclic) bond motifs is 2. The van der Waals surface area contributed by atoms with Crippen LogP contribution in [0.25, 0.3) is 10.8 Å². The lowest BCUT2D eigenvalue weighted by atomic mass is 9.98. The van der Waals surface area contributed by atoms with Crippen LogP contribution in [0.2, 0.25) is 0 Å². The second-order valence-corrected chi connectivity index (χ2v) is 12.6. The van der Waals surface area contributed by atoms with E-state index in [2.05, 4.69) is 35.2 Å². The Hall–Kier alpha value is -3.19. The minimum atomic E-state index is -3.58. The van der Waals surface area contributed by atoms with Crippen molar-refractivity contribution in [1.29, 1.82) is 0 Å². The molecule has 4 aromatic rings. The van der Waals surface area contributed by atoms with Crippen molar-refractivity contribution in [2.24, 2.45) is 0 Å². The van der Waals surface area contributed by atoms with Gasteiger partial charge >= 0.3 is 0 Å². The van der Waals surface area contributed by atoms with Crippen LogP contribution >= 0.6 is 0 Å². The van der Waals surface area contributed by atoms with Crippen LogP contribution in [0.3, 0.4) is 0 Å². The predicted molar refractivity (Wildman–Crippen MR) is 156 cm³/mol. The van der Waals surface area contributed by atoms with Crippen LogP contribution in [-0.2, 0) is 29.6 Å². The van der Waals surface area contributed by atoms with E-state index >= 15 is 0 Å². The summed E-state index contributed by atoms with van der Waals surface area (Å²) >= 11 is 0. The molecule has 0 bridgehead atoms. The molecule has 0 saturated carbocycles. The van der Waals surface area contributed by atoms with Crippen molar-refractivity contribution in [1.82, 2.24) is 9.21 Å². The van der Waals surface area contributed by atoms with E-state index in [9.17, 15) is 8.42 Å². The van der Waals surface area contributed by atoms with Gasteiger partial charge in [0, 0.05) is 37.6 Å². The van der Waals surface area contributed by atoms with E-state index in [-0.39, 0.29) is 6.04 Å². The first-order chi connectivity index (χ1) is 19.1. The molecule has 0 N–H and O–H groups in total. The predicted octanol–water partition coefficient (Wildman–Crippen LogP) is 6.41. The molecule has 0 radical (unpaired) electrons. The zero-order valence-corrected chi connectivity index (χ0v) is 23.2. The SMILES string of the molecule is O=S(=O)(c1cccc2ccccc12)N1CCCCC1CCN1CCc2ccc(OCc3ccccc3)cc2C1. The molecule has 0 aromatic heterocycles. The molecular formula is C33H36N2O3S. The van der Waals surface area contributed by atoms with E-state index in [1.165, 1.54) is 11.1 Å². The molecule has 1 atom stereocenters. The minimum Gasteiger partial charge on any atom is -0.489 e. The van der Waals surface area contributed by atoms with Gasteiger partial charge < -0.3 is 4.74 Å². The summed E-state index contributed by atoms with van der Waals surface area (Å²) in [6.07, 6.45) is 4.78. The van der Waals surface area contributed by atoms with Crippen LogP contribution in [-0.4, -0.2) is 43.3 Å². The first-order valence-corrected chi connectivity index (χ1v) is 15.5. The lowest BCUT2D eigenvalue weighted by molar-refractivity contribution is 0.190. The van der Waals surface area contributed by atoms with Crippen LogP contribution < -0.4 is 4.74 Å². The number of hydrogen-bond acceptors (Lipinski definition) is 4. The van der Waals surface area contributed by atoms with Crippen LogP contribution in [0.1, 0.15) is 42.4 Å². The summed E-state index contributed by atoms with van der Waals surface area (Å²) in [5.41, 5.74) is 3.86. The van der Waals surface area contributed by atoms with Crippen LogP contribution in [0, 0.1) is 0 Å². The molecule has 2 heterocycles. The van der Waals surface area contributed by atoms with Crippen molar-refractivity contribution in [2.75, 3.05) is 19.6 Å². The fraction of sp³-hybridized carbons (Fsp3) is 0.333. The maximum Gasteiger partial charge on any atom is 0.243 e. The average Bonchev–Trinajstić information content (AvgIpc) is 2.99. The molecule has 6 heteroatoms. The zero-order chi connectivity index (χ0) is 26.7. The molecule has 5 nitrogen and oxygen atoms in total. The van der Waals surface area contributed by atoms with E-state index in [4.69, 9.17) is 4.74 Å². The van der Waals surface area contributed by atoms with E-state index < -0.39 is 10.0 Å². The molecule has 4 aromatic carbocycles. The molecule has 202 valence electrons. The van der Waals surface area contributed by atoms with Crippen LogP contribution in [0.4, 0.5) is 0 Å². The van der Waals surface area contributed by atoms with Gasteiger partial charge in [-0.2, -0.15) is 4.31 Å². The number of piperidine rings is 1. The Labute approximate surface area is 232 Å². The van der Waals surface area contributed by atoms with Gasteiger partial charge in [-0.05, 0) is 66.0 Å². The Morgan fingerprint density at radius 1 is 0.821 bits per heavy atom. The van der Waals surface area contributed by atoms with Crippen molar-refractivity contribution < 1.29 is 13.2 Å². The molecule has 1 fully saturated rings. The first kappa shape index (κ1) is 26.1. The van der Waals surface area contributed by atoms with Crippen LogP contribution in [0.15, 0.2) is 95.9 Å². The number of nitrogens with zero attached hydrogens (tertiary/aromatic N) is 2. The van der Waals surface area contributed by atoms with Gasteiger partial charge in [-0.1, -0.05) is 79.2 Å². The summed E-state index contributed by atoms with van der Waals surface area (Å²) in [5.74, 6) is 0.902. The monoisotopic (exact) mass is 540 g/mol. The molecule has 39 heavy (non-hydrogen) atoms. The highest BCUT2D eigenvalue weighted by molar-refractivity contribution is 7.89. The second kappa shape index (κ2) is 11.5. The summed E-state index contributed by atoms with van der Waals surface area (Å²) in [5, 5.41) is 1.77. The molecule has 2 aliphatic heterocycles. The molecular weight excluding hydrogens is 504 g/mol. The fourth-order valence-electron chi connectivity index (χ4n) is 6.07. The maximum atomic E-state index is 13.9. The Bertz CT molecular complexity index is 1530. The van der Waals surface area contributed by atoms with E-state index in [0.29, 0.717) is 18.0 Å². The largest absolute Gasteiger partial charge is 0.489 e. The minimum absolute atomic E-state index is 0.0321. The highest BCUT2D eigenvalue weighted by Gasteiger charge is 2.34. The molecule has 2 aliphatic rings. The smallest absolute Gasteiger partial charge is 0.243 e. The highest BCUT2D eigenvalue weighted by atomic mass is 32.2. The van der Waals surface area contributed by atoms with Crippen molar-refractivity contribution in [2.45, 2.75) is 56.2 Å². The molecule has 0 amide bonds. The third kappa shape index (κ3) is 5.74. The van der Waals surface area contributed by atoms with E-state index in [0.717, 1.165) is 73.8 Å². The van der Waals surface area contributed by atoms with Gasteiger partial charge in [0.15, 0.2) is 0 Å². The second-order valence-electron chi connectivity index (χ2n) is 10.8. The van der Waals surface area contributed by atoms with Crippen LogP contribution in [0.5, 0.6) is 5.75 Å². The third-order valence-corrected chi connectivity index (χ3v) is 10.2. The highest BCUT2D eigenvalue weighted by Crippen LogP contribution is 2.32. The first-order valence-electron chi connectivity index (χ1n) is 14.1. The number of rotatable bonds is 8. The Balaban J connectivity index is 1.12. The lowest BCUT2D eigenvalue weighted by Gasteiger charge is -2.37. The summed E-state index contributed by atoms with van der Waals surface area (Å²) in [6, 6.07) is 30.1. The fourth-order valence-corrected chi connectivity index (χ4v) is 8.01. The standard InChI is InChI=1S/C33H36N2O3S/c36-39(37,33-15-8-12-28-11-4-5-14-32(28)33)35-20-7-6-13-30(35)19-22-34-21-18-27-16-17-31(23-29(27)24-34)38-25-26-9-2-1-3-10-26/h1-5,8-12,14-17,23,30H,6-7,13,18-22,24-25H2. The van der Waals surface area contributed by atoms with Crippen molar-refractivity contribution in [3.63, 3.8) is 0 Å². The summed E-state index contributed by atoms with van der Waals surface area (Å²) in [6.45, 7) is 3.93. The van der Waals surface area contributed by atoms with Crippen molar-refractivity contribution in [3.8, 4) is 5.75 Å². The Morgan fingerprint density at radius 2 is 1.64 bits per heavy atom. The van der Waals surface area contributed by atoms with Gasteiger partial charge in [0.25, 0.3) is 0 Å². The Morgan fingerprint density at radius 3 is 2.54 bits per heavy atom. The normalized spacial score (nSPS) is 18.6. The molecule has 0 aliphatic carbocycles. The van der Waals surface area contributed by atoms with Gasteiger partial charge in [-0.3, -0.25) is 4.90 Å². The number of benzene rings is 4. The number of sulfonamides is 1. The zero-order valence-electron chi connectivity index (χ0n) is 22.3. The average molecular weight is 541 g/mol. The van der Waals surface area contributed by atoms with E-state index in [1.54, 1.807) is 10.4 Å². The third-order valence-electron chi connectivity index (χ3n) is 8.21. The molecule has 6 rings (SSSR count).